The summed E-state index contributed by atoms with van der Waals surface area (Å²) in [5, 5.41) is 10.2. The second kappa shape index (κ2) is 6.10. The lowest BCUT2D eigenvalue weighted by Gasteiger charge is -2.24. The van der Waals surface area contributed by atoms with Gasteiger partial charge in [-0.25, -0.2) is 0 Å². The van der Waals surface area contributed by atoms with Gasteiger partial charge in [0.15, 0.2) is 11.5 Å². The van der Waals surface area contributed by atoms with Gasteiger partial charge in [0, 0.05) is 18.2 Å². The molecule has 0 atom stereocenters. The molecule has 1 saturated carbocycles. The standard InChI is InChI=1S/C15H23NO2/c1-3-18-14-10-6-7-12(15(14)17)11-16(2)13-8-4-5-9-13/h6-7,10,13,17H,3-5,8-9,11H2,1-2H3. The first-order valence-electron chi connectivity index (χ1n) is 6.86. The zero-order chi connectivity index (χ0) is 13.0. The first kappa shape index (κ1) is 13.2. The van der Waals surface area contributed by atoms with Gasteiger partial charge >= 0.3 is 0 Å². The van der Waals surface area contributed by atoms with E-state index in [1.807, 2.05) is 25.1 Å². The highest BCUT2D eigenvalue weighted by Crippen LogP contribution is 2.32. The van der Waals surface area contributed by atoms with Gasteiger partial charge in [0.25, 0.3) is 0 Å². The molecule has 100 valence electrons. The maximum atomic E-state index is 10.2. The number of phenolic OH excluding ortho intramolecular Hbond substituents is 1. The fraction of sp³-hybridized carbons (Fsp3) is 0.600. The number of hydrogen-bond acceptors (Lipinski definition) is 3. The molecule has 18 heavy (non-hydrogen) atoms. The van der Waals surface area contributed by atoms with Crippen LogP contribution in [-0.4, -0.2) is 29.7 Å². The SMILES string of the molecule is CCOc1cccc(CN(C)C2CCCC2)c1O. The van der Waals surface area contributed by atoms with E-state index in [0.717, 1.165) is 12.1 Å². The third-order valence-corrected chi connectivity index (χ3v) is 3.75. The van der Waals surface area contributed by atoms with Gasteiger partial charge in [-0.3, -0.25) is 4.90 Å². The van der Waals surface area contributed by atoms with Crippen LogP contribution in [0.15, 0.2) is 18.2 Å². The second-order valence-electron chi connectivity index (χ2n) is 5.05. The number of hydrogen-bond donors (Lipinski definition) is 1. The van der Waals surface area contributed by atoms with Gasteiger partial charge in [-0.05, 0) is 32.9 Å². The lowest BCUT2D eigenvalue weighted by molar-refractivity contribution is 0.233. The van der Waals surface area contributed by atoms with Crippen LogP contribution in [-0.2, 0) is 6.54 Å². The summed E-state index contributed by atoms with van der Waals surface area (Å²) in [7, 11) is 2.14. The summed E-state index contributed by atoms with van der Waals surface area (Å²) in [6.45, 7) is 3.30. The maximum absolute atomic E-state index is 10.2. The van der Waals surface area contributed by atoms with Crippen LogP contribution in [0.5, 0.6) is 11.5 Å². The zero-order valence-corrected chi connectivity index (χ0v) is 11.4. The van der Waals surface area contributed by atoms with E-state index in [1.54, 1.807) is 0 Å². The number of phenols is 1. The molecule has 0 saturated heterocycles. The first-order chi connectivity index (χ1) is 8.72. The minimum atomic E-state index is 0.296. The van der Waals surface area contributed by atoms with Crippen molar-refractivity contribution in [2.24, 2.45) is 0 Å². The summed E-state index contributed by atoms with van der Waals surface area (Å²) in [5.74, 6) is 0.888. The molecule has 0 heterocycles. The molecule has 1 N–H and O–H groups in total. The Morgan fingerprint density at radius 1 is 1.33 bits per heavy atom. The minimum absolute atomic E-state index is 0.296. The molecule has 0 bridgehead atoms. The van der Waals surface area contributed by atoms with Crippen molar-refractivity contribution in [3.05, 3.63) is 23.8 Å². The number of ether oxygens (including phenoxy) is 1. The highest BCUT2D eigenvalue weighted by molar-refractivity contribution is 5.45. The molecular weight excluding hydrogens is 226 g/mol. The van der Waals surface area contributed by atoms with Crippen LogP contribution in [0.1, 0.15) is 38.2 Å². The van der Waals surface area contributed by atoms with Crippen LogP contribution in [0.4, 0.5) is 0 Å². The van der Waals surface area contributed by atoms with Gasteiger partial charge in [0.1, 0.15) is 0 Å². The lowest BCUT2D eigenvalue weighted by Crippen LogP contribution is -2.28. The Labute approximate surface area is 109 Å². The molecule has 1 aliphatic rings. The minimum Gasteiger partial charge on any atom is -0.504 e. The van der Waals surface area contributed by atoms with Crippen LogP contribution >= 0.6 is 0 Å². The quantitative estimate of drug-likeness (QED) is 0.870. The van der Waals surface area contributed by atoms with Crippen LogP contribution in [0.2, 0.25) is 0 Å². The molecule has 0 aromatic heterocycles. The van der Waals surface area contributed by atoms with Crippen molar-refractivity contribution in [3.63, 3.8) is 0 Å². The van der Waals surface area contributed by atoms with Crippen molar-refractivity contribution >= 4 is 0 Å². The highest BCUT2D eigenvalue weighted by atomic mass is 16.5. The molecule has 0 spiro atoms. The van der Waals surface area contributed by atoms with Crippen molar-refractivity contribution in [1.29, 1.82) is 0 Å². The van der Waals surface area contributed by atoms with Crippen molar-refractivity contribution in [1.82, 2.24) is 4.90 Å². The van der Waals surface area contributed by atoms with Crippen molar-refractivity contribution in [2.75, 3.05) is 13.7 Å². The van der Waals surface area contributed by atoms with E-state index < -0.39 is 0 Å². The fourth-order valence-electron chi connectivity index (χ4n) is 2.71. The van der Waals surface area contributed by atoms with Crippen LogP contribution < -0.4 is 4.74 Å². The number of nitrogens with zero attached hydrogens (tertiary/aromatic N) is 1. The highest BCUT2D eigenvalue weighted by Gasteiger charge is 2.20. The van der Waals surface area contributed by atoms with E-state index in [9.17, 15) is 5.11 Å². The average molecular weight is 249 g/mol. The van der Waals surface area contributed by atoms with Gasteiger partial charge in [-0.1, -0.05) is 25.0 Å². The molecule has 1 aromatic rings. The van der Waals surface area contributed by atoms with E-state index in [0.29, 0.717) is 24.1 Å². The number of rotatable bonds is 5. The van der Waals surface area contributed by atoms with Gasteiger partial charge in [0.05, 0.1) is 6.61 Å². The van der Waals surface area contributed by atoms with Gasteiger partial charge in [0.2, 0.25) is 0 Å². The van der Waals surface area contributed by atoms with E-state index >= 15 is 0 Å². The Morgan fingerprint density at radius 3 is 2.72 bits per heavy atom. The Balaban J connectivity index is 2.06. The molecule has 2 rings (SSSR count). The van der Waals surface area contributed by atoms with Crippen LogP contribution in [0.25, 0.3) is 0 Å². The van der Waals surface area contributed by atoms with Gasteiger partial charge in [-0.2, -0.15) is 0 Å². The summed E-state index contributed by atoms with van der Waals surface area (Å²) in [6, 6.07) is 6.41. The molecule has 0 unspecified atom stereocenters. The Bertz CT molecular complexity index is 386. The molecule has 3 heteroatoms. The molecule has 0 radical (unpaired) electrons. The Hall–Kier alpha value is -1.22. The summed E-state index contributed by atoms with van der Waals surface area (Å²) < 4.78 is 5.42. The van der Waals surface area contributed by atoms with Gasteiger partial charge in [-0.15, -0.1) is 0 Å². The summed E-state index contributed by atoms with van der Waals surface area (Å²) in [4.78, 5) is 2.35. The molecule has 0 aliphatic heterocycles. The molecule has 1 aliphatic carbocycles. The summed E-state index contributed by atoms with van der Waals surface area (Å²) in [5.41, 5.74) is 0.954. The van der Waals surface area contributed by atoms with Crippen LogP contribution in [0.3, 0.4) is 0 Å². The fourth-order valence-corrected chi connectivity index (χ4v) is 2.71. The monoisotopic (exact) mass is 249 g/mol. The first-order valence-corrected chi connectivity index (χ1v) is 6.86. The predicted octanol–water partition coefficient (Wildman–Crippen LogP) is 3.17. The predicted molar refractivity (Wildman–Crippen MR) is 73.0 cm³/mol. The molecular formula is C15H23NO2. The van der Waals surface area contributed by atoms with Crippen molar-refractivity contribution in [3.8, 4) is 11.5 Å². The molecule has 1 aromatic carbocycles. The summed E-state index contributed by atoms with van der Waals surface area (Å²) >= 11 is 0. The van der Waals surface area contributed by atoms with Crippen molar-refractivity contribution in [2.45, 2.75) is 45.2 Å². The number of para-hydroxylation sites is 1. The second-order valence-corrected chi connectivity index (χ2v) is 5.05. The lowest BCUT2D eigenvalue weighted by atomic mass is 10.1. The van der Waals surface area contributed by atoms with E-state index in [-0.39, 0.29) is 0 Å². The third-order valence-electron chi connectivity index (χ3n) is 3.75. The van der Waals surface area contributed by atoms with Crippen molar-refractivity contribution < 1.29 is 9.84 Å². The molecule has 3 nitrogen and oxygen atoms in total. The third kappa shape index (κ3) is 2.96. The van der Waals surface area contributed by atoms with Gasteiger partial charge < -0.3 is 9.84 Å². The van der Waals surface area contributed by atoms with Crippen LogP contribution in [0, 0.1) is 0 Å². The average Bonchev–Trinajstić information content (AvgIpc) is 2.88. The Morgan fingerprint density at radius 2 is 2.06 bits per heavy atom. The zero-order valence-electron chi connectivity index (χ0n) is 11.4. The summed E-state index contributed by atoms with van der Waals surface area (Å²) in [6.07, 6.45) is 5.23. The topological polar surface area (TPSA) is 32.7 Å². The number of aromatic hydroxyl groups is 1. The normalized spacial score (nSPS) is 16.4. The Kier molecular flexibility index (Phi) is 4.48. The maximum Gasteiger partial charge on any atom is 0.162 e. The van der Waals surface area contributed by atoms with E-state index in [2.05, 4.69) is 11.9 Å². The van der Waals surface area contributed by atoms with E-state index in [4.69, 9.17) is 4.74 Å². The molecule has 0 amide bonds. The largest absolute Gasteiger partial charge is 0.504 e. The smallest absolute Gasteiger partial charge is 0.162 e. The van der Waals surface area contributed by atoms with E-state index in [1.165, 1.54) is 25.7 Å². The molecule has 1 fully saturated rings. The number of benzene rings is 1.